The second kappa shape index (κ2) is 11.4. The molecule has 3 aromatic rings. The smallest absolute Gasteiger partial charge is 0.221 e. The van der Waals surface area contributed by atoms with Gasteiger partial charge in [0.15, 0.2) is 0 Å². The highest BCUT2D eigenvalue weighted by Gasteiger charge is 2.44. The van der Waals surface area contributed by atoms with E-state index >= 15 is 0 Å². The van der Waals surface area contributed by atoms with E-state index < -0.39 is 7.26 Å². The van der Waals surface area contributed by atoms with Crippen molar-refractivity contribution in [3.8, 4) is 0 Å². The Balaban J connectivity index is 0.00000280. The predicted octanol–water partition coefficient (Wildman–Crippen LogP) is 2.31. The van der Waals surface area contributed by atoms with E-state index in [1.807, 2.05) is 0 Å². The monoisotopic (exact) mass is 430 g/mol. The Morgan fingerprint density at radius 1 is 0.643 bits per heavy atom. The van der Waals surface area contributed by atoms with Crippen LogP contribution in [-0.2, 0) is 4.79 Å². The minimum Gasteiger partial charge on any atom is -1.00 e. The Morgan fingerprint density at radius 3 is 1.39 bits per heavy atom. The highest BCUT2D eigenvalue weighted by Crippen LogP contribution is 2.55. The van der Waals surface area contributed by atoms with Crippen LogP contribution in [0.2, 0.25) is 0 Å². The van der Waals surface area contributed by atoms with Crippen molar-refractivity contribution in [2.75, 3.05) is 6.16 Å². The van der Waals surface area contributed by atoms with Gasteiger partial charge >= 0.3 is 0 Å². The molecule has 0 bridgehead atoms. The summed E-state index contributed by atoms with van der Waals surface area (Å²) in [6.07, 6.45) is 4.53. The highest BCUT2D eigenvalue weighted by atomic mass is 35.5. The van der Waals surface area contributed by atoms with Gasteiger partial charge in [-0.05, 0) is 67.3 Å². The van der Waals surface area contributed by atoms with Gasteiger partial charge in [0.2, 0.25) is 5.24 Å². The quantitative estimate of drug-likeness (QED) is 0.289. The lowest BCUT2D eigenvalue weighted by Crippen LogP contribution is -3.00. The summed E-state index contributed by atoms with van der Waals surface area (Å²) in [4.78, 5) is 11.0. The molecule has 146 valence electrons. The molecule has 0 radical (unpaired) electrons. The third-order valence-corrected chi connectivity index (χ3v) is 9.67. The van der Waals surface area contributed by atoms with E-state index in [2.05, 4.69) is 91.0 Å². The van der Waals surface area contributed by atoms with Crippen molar-refractivity contribution < 1.29 is 17.2 Å². The molecule has 0 amide bonds. The summed E-state index contributed by atoms with van der Waals surface area (Å²) in [5.74, 6) is 0. The second-order valence-corrected chi connectivity index (χ2v) is 10.7. The molecule has 0 unspecified atom stereocenters. The normalized spacial score (nSPS) is 10.9. The number of rotatable bonds is 9. The van der Waals surface area contributed by atoms with Gasteiger partial charge in [0.1, 0.15) is 23.2 Å². The van der Waals surface area contributed by atoms with Crippen LogP contribution in [0.4, 0.5) is 0 Å². The molecule has 0 heterocycles. The van der Waals surface area contributed by atoms with Gasteiger partial charge in [-0.1, -0.05) is 54.6 Å². The molecule has 28 heavy (non-hydrogen) atoms. The van der Waals surface area contributed by atoms with Crippen LogP contribution < -0.4 is 28.3 Å². The summed E-state index contributed by atoms with van der Waals surface area (Å²) in [5, 5.41) is 4.01. The number of carbonyl (C=O) groups is 1. The summed E-state index contributed by atoms with van der Waals surface area (Å²) >= 11 is 5.50. The van der Waals surface area contributed by atoms with Crippen LogP contribution in [0.15, 0.2) is 91.0 Å². The minimum atomic E-state index is -1.74. The van der Waals surface area contributed by atoms with E-state index in [0.29, 0.717) is 6.42 Å². The number of unbranched alkanes of at least 4 members (excludes halogenated alkanes) is 2. The highest BCUT2D eigenvalue weighted by molar-refractivity contribution is 7.95. The average molecular weight is 431 g/mol. The van der Waals surface area contributed by atoms with Gasteiger partial charge in [-0.2, -0.15) is 0 Å². The largest absolute Gasteiger partial charge is 1.00 e. The second-order valence-electron chi connectivity index (χ2n) is 6.71. The van der Waals surface area contributed by atoms with Crippen molar-refractivity contribution in [1.29, 1.82) is 0 Å². The Kier molecular flexibility index (Phi) is 9.19. The average Bonchev–Trinajstić information content (AvgIpc) is 2.73. The Hall–Kier alpha value is -1.66. The van der Waals surface area contributed by atoms with Crippen LogP contribution >= 0.6 is 18.9 Å². The van der Waals surface area contributed by atoms with Crippen molar-refractivity contribution in [1.82, 2.24) is 0 Å². The van der Waals surface area contributed by atoms with E-state index in [9.17, 15) is 4.79 Å². The number of carbonyl (C=O) groups excluding carboxylic acids is 1. The fourth-order valence-electron chi connectivity index (χ4n) is 3.67. The van der Waals surface area contributed by atoms with Crippen LogP contribution in [-0.4, -0.2) is 11.4 Å². The summed E-state index contributed by atoms with van der Waals surface area (Å²) in [5.41, 5.74) is 0. The van der Waals surface area contributed by atoms with Crippen LogP contribution in [0.3, 0.4) is 0 Å². The summed E-state index contributed by atoms with van der Waals surface area (Å²) in [7, 11) is -1.74. The van der Waals surface area contributed by atoms with Gasteiger partial charge in [0.25, 0.3) is 0 Å². The fraction of sp³-hybridized carbons (Fsp3) is 0.208. The third kappa shape index (κ3) is 5.45. The molecule has 3 rings (SSSR count). The summed E-state index contributed by atoms with van der Waals surface area (Å²) in [6, 6.07) is 32.7. The molecular formula is C24H25Cl2OP. The Labute approximate surface area is 179 Å². The molecule has 0 saturated heterocycles. The standard InChI is InChI=1S/C24H25ClOP.ClH/c25-24(26)19-11-4-12-20-27(21-13-5-1-6-14-21,22-15-7-2-8-16-22)23-17-9-3-10-18-23;/h1-3,5-10,13-18H,4,11-12,19-20H2;1H/q+1;/p-1. The summed E-state index contributed by atoms with van der Waals surface area (Å²) < 4.78 is 0. The first-order chi connectivity index (χ1) is 13.2. The zero-order valence-electron chi connectivity index (χ0n) is 15.8. The molecule has 0 aromatic heterocycles. The first-order valence-corrected chi connectivity index (χ1v) is 11.8. The SMILES string of the molecule is O=C(Cl)CCCCC[P+](c1ccccc1)(c1ccccc1)c1ccccc1.[Cl-]. The van der Waals surface area contributed by atoms with Crippen LogP contribution in [0.1, 0.15) is 25.7 Å². The molecular weight excluding hydrogens is 406 g/mol. The van der Waals surface area contributed by atoms with Crippen LogP contribution in [0, 0.1) is 0 Å². The topological polar surface area (TPSA) is 17.1 Å². The first kappa shape index (κ1) is 22.6. The van der Waals surface area contributed by atoms with E-state index in [1.54, 1.807) is 0 Å². The molecule has 1 nitrogen and oxygen atoms in total. The number of hydrogen-bond acceptors (Lipinski definition) is 1. The molecule has 0 aliphatic carbocycles. The lowest BCUT2D eigenvalue weighted by molar-refractivity contribution is -0.111. The number of benzene rings is 3. The molecule has 0 saturated carbocycles. The number of halogens is 2. The van der Waals surface area contributed by atoms with Gasteiger partial charge in [0.05, 0.1) is 6.16 Å². The Morgan fingerprint density at radius 2 is 1.04 bits per heavy atom. The maximum atomic E-state index is 11.0. The third-order valence-electron chi connectivity index (χ3n) is 4.96. The minimum absolute atomic E-state index is 0. The zero-order chi connectivity index (χ0) is 19.0. The molecule has 0 N–H and O–H groups in total. The van der Waals surface area contributed by atoms with Crippen LogP contribution in [0.5, 0.6) is 0 Å². The molecule has 0 aliphatic rings. The van der Waals surface area contributed by atoms with Crippen molar-refractivity contribution in [3.63, 3.8) is 0 Å². The van der Waals surface area contributed by atoms with Gasteiger partial charge in [-0.15, -0.1) is 0 Å². The summed E-state index contributed by atoms with van der Waals surface area (Å²) in [6.45, 7) is 0. The molecule has 3 aromatic carbocycles. The van der Waals surface area contributed by atoms with Gasteiger partial charge < -0.3 is 12.4 Å². The number of hydrogen-bond donors (Lipinski definition) is 0. The molecule has 4 heteroatoms. The zero-order valence-corrected chi connectivity index (χ0v) is 18.2. The van der Waals surface area contributed by atoms with Crippen molar-refractivity contribution in [2.45, 2.75) is 25.7 Å². The van der Waals surface area contributed by atoms with Crippen LogP contribution in [0.25, 0.3) is 0 Å². The predicted molar refractivity (Wildman–Crippen MR) is 119 cm³/mol. The maximum absolute atomic E-state index is 11.0. The first-order valence-electron chi connectivity index (χ1n) is 9.47. The van der Waals surface area contributed by atoms with Crippen molar-refractivity contribution >= 4 is 40.0 Å². The van der Waals surface area contributed by atoms with E-state index in [-0.39, 0.29) is 17.6 Å². The lowest BCUT2D eigenvalue weighted by atomic mass is 10.2. The lowest BCUT2D eigenvalue weighted by Gasteiger charge is -2.27. The van der Waals surface area contributed by atoms with E-state index in [0.717, 1.165) is 25.4 Å². The molecule has 0 aliphatic heterocycles. The molecule has 0 spiro atoms. The van der Waals surface area contributed by atoms with Gasteiger partial charge in [-0.3, -0.25) is 4.79 Å². The van der Waals surface area contributed by atoms with Gasteiger partial charge in [0, 0.05) is 6.42 Å². The van der Waals surface area contributed by atoms with Crippen molar-refractivity contribution in [3.05, 3.63) is 91.0 Å². The Bertz CT molecular complexity index is 742. The maximum Gasteiger partial charge on any atom is 0.221 e. The fourth-order valence-corrected chi connectivity index (χ4v) is 8.22. The van der Waals surface area contributed by atoms with Gasteiger partial charge in [-0.25, -0.2) is 0 Å². The van der Waals surface area contributed by atoms with E-state index in [1.165, 1.54) is 15.9 Å². The van der Waals surface area contributed by atoms with E-state index in [4.69, 9.17) is 11.6 Å². The van der Waals surface area contributed by atoms with Crippen molar-refractivity contribution in [2.24, 2.45) is 0 Å². The molecule has 0 fully saturated rings. The molecule has 0 atom stereocenters.